The number of esters is 1. The number of carbonyl (C=O) groups is 1. The Labute approximate surface area is 129 Å². The van der Waals surface area contributed by atoms with Crippen LogP contribution in [0.2, 0.25) is 0 Å². The van der Waals surface area contributed by atoms with Crippen LogP contribution in [-0.4, -0.2) is 22.5 Å². The number of nitrogens with zero attached hydrogens (tertiary/aromatic N) is 2. The molecule has 3 rings (SSSR count). The van der Waals surface area contributed by atoms with Gasteiger partial charge >= 0.3 is 5.97 Å². The van der Waals surface area contributed by atoms with E-state index in [1.54, 1.807) is 6.20 Å². The van der Waals surface area contributed by atoms with Crippen LogP contribution >= 0.6 is 0 Å². The van der Waals surface area contributed by atoms with Gasteiger partial charge in [0.05, 0.1) is 18.4 Å². The number of imidazole rings is 1. The van der Waals surface area contributed by atoms with E-state index < -0.39 is 0 Å². The van der Waals surface area contributed by atoms with E-state index in [0.29, 0.717) is 5.56 Å². The molecule has 0 fully saturated rings. The van der Waals surface area contributed by atoms with Gasteiger partial charge in [0.25, 0.3) is 0 Å². The molecule has 0 aliphatic heterocycles. The number of hydrogen-bond donors (Lipinski definition) is 0. The Morgan fingerprint density at radius 3 is 2.45 bits per heavy atom. The topological polar surface area (TPSA) is 43.6 Å². The van der Waals surface area contributed by atoms with E-state index in [1.165, 1.54) is 7.11 Å². The van der Waals surface area contributed by atoms with Crippen molar-refractivity contribution >= 4 is 11.6 Å². The molecule has 112 valence electrons. The minimum Gasteiger partial charge on any atom is -0.465 e. The molecule has 4 nitrogen and oxygen atoms in total. The zero-order valence-electron chi connectivity index (χ0n) is 13.2. The molecule has 2 aromatic heterocycles. The predicted octanol–water partition coefficient (Wildman–Crippen LogP) is 3.71. The van der Waals surface area contributed by atoms with E-state index in [4.69, 9.17) is 4.74 Å². The van der Waals surface area contributed by atoms with Crippen LogP contribution in [0.3, 0.4) is 0 Å². The molecule has 0 saturated heterocycles. The van der Waals surface area contributed by atoms with Crippen LogP contribution in [-0.2, 0) is 4.74 Å². The number of fused-ring (bicyclic) bond motifs is 1. The quantitative estimate of drug-likeness (QED) is 0.677. The number of ether oxygens (including phenoxy) is 1. The van der Waals surface area contributed by atoms with E-state index in [0.717, 1.165) is 33.6 Å². The van der Waals surface area contributed by atoms with Crippen molar-refractivity contribution < 1.29 is 9.53 Å². The SMILES string of the molecule is COC(=O)c1cc(-c2c(C)cccc2C)c2nc(C)cn2c1. The van der Waals surface area contributed by atoms with Gasteiger partial charge in [-0.05, 0) is 43.5 Å². The van der Waals surface area contributed by atoms with Crippen LogP contribution in [0.1, 0.15) is 27.2 Å². The first-order valence-electron chi connectivity index (χ1n) is 7.15. The van der Waals surface area contributed by atoms with Crippen molar-refractivity contribution in [1.82, 2.24) is 9.38 Å². The molecule has 0 radical (unpaired) electrons. The molecule has 0 aliphatic carbocycles. The van der Waals surface area contributed by atoms with Crippen LogP contribution in [0.5, 0.6) is 0 Å². The van der Waals surface area contributed by atoms with Gasteiger partial charge in [-0.15, -0.1) is 0 Å². The number of carbonyl (C=O) groups excluding carboxylic acids is 1. The van der Waals surface area contributed by atoms with E-state index in [9.17, 15) is 4.79 Å². The standard InChI is InChI=1S/C18H18N2O2/c1-11-6-5-7-12(2)16(11)15-8-14(18(21)22-4)10-20-9-13(3)19-17(15)20/h5-10H,1-4H3. The van der Waals surface area contributed by atoms with Gasteiger partial charge in [0, 0.05) is 18.0 Å². The van der Waals surface area contributed by atoms with Crippen molar-refractivity contribution in [3.8, 4) is 11.1 Å². The summed E-state index contributed by atoms with van der Waals surface area (Å²) in [6, 6.07) is 8.04. The molecule has 4 heteroatoms. The maximum absolute atomic E-state index is 12.0. The molecule has 0 unspecified atom stereocenters. The Morgan fingerprint density at radius 1 is 1.14 bits per heavy atom. The third-order valence-corrected chi connectivity index (χ3v) is 3.84. The molecular weight excluding hydrogens is 276 g/mol. The molecule has 0 spiro atoms. The highest BCUT2D eigenvalue weighted by atomic mass is 16.5. The average molecular weight is 294 g/mol. The van der Waals surface area contributed by atoms with E-state index in [1.807, 2.05) is 29.7 Å². The summed E-state index contributed by atoms with van der Waals surface area (Å²) < 4.78 is 6.76. The van der Waals surface area contributed by atoms with Gasteiger partial charge in [0.15, 0.2) is 0 Å². The summed E-state index contributed by atoms with van der Waals surface area (Å²) in [5, 5.41) is 0. The number of hydrogen-bond acceptors (Lipinski definition) is 3. The van der Waals surface area contributed by atoms with Crippen LogP contribution in [0.25, 0.3) is 16.8 Å². The largest absolute Gasteiger partial charge is 0.465 e. The lowest BCUT2D eigenvalue weighted by molar-refractivity contribution is 0.0600. The third-order valence-electron chi connectivity index (χ3n) is 3.84. The number of aryl methyl sites for hydroxylation is 3. The van der Waals surface area contributed by atoms with Gasteiger partial charge in [-0.25, -0.2) is 9.78 Å². The zero-order chi connectivity index (χ0) is 15.9. The Balaban J connectivity index is 2.38. The molecule has 0 aliphatic rings. The Morgan fingerprint density at radius 2 is 1.82 bits per heavy atom. The van der Waals surface area contributed by atoms with Crippen molar-refractivity contribution in [2.24, 2.45) is 0 Å². The first-order chi connectivity index (χ1) is 10.5. The summed E-state index contributed by atoms with van der Waals surface area (Å²) in [5.74, 6) is -0.347. The monoisotopic (exact) mass is 294 g/mol. The first kappa shape index (κ1) is 14.3. The molecular formula is C18H18N2O2. The van der Waals surface area contributed by atoms with Crippen LogP contribution < -0.4 is 0 Å². The van der Waals surface area contributed by atoms with Gasteiger partial charge in [-0.3, -0.25) is 0 Å². The highest BCUT2D eigenvalue weighted by molar-refractivity contribution is 5.93. The maximum Gasteiger partial charge on any atom is 0.339 e. The lowest BCUT2D eigenvalue weighted by atomic mass is 9.95. The second-order valence-corrected chi connectivity index (χ2v) is 5.51. The fraction of sp³-hybridized carbons (Fsp3) is 0.222. The summed E-state index contributed by atoms with van der Waals surface area (Å²) in [4.78, 5) is 16.6. The minimum absolute atomic E-state index is 0.347. The number of pyridine rings is 1. The number of benzene rings is 1. The zero-order valence-corrected chi connectivity index (χ0v) is 13.2. The van der Waals surface area contributed by atoms with Crippen LogP contribution in [0.4, 0.5) is 0 Å². The summed E-state index contributed by atoms with van der Waals surface area (Å²) in [5.41, 5.74) is 6.66. The van der Waals surface area contributed by atoms with Gasteiger partial charge in [-0.1, -0.05) is 18.2 Å². The van der Waals surface area contributed by atoms with Gasteiger partial charge in [0.1, 0.15) is 5.65 Å². The normalized spacial score (nSPS) is 10.9. The molecule has 0 saturated carbocycles. The summed E-state index contributed by atoms with van der Waals surface area (Å²) in [6.45, 7) is 6.08. The van der Waals surface area contributed by atoms with Crippen molar-refractivity contribution in [2.75, 3.05) is 7.11 Å². The molecule has 0 N–H and O–H groups in total. The van der Waals surface area contributed by atoms with E-state index >= 15 is 0 Å². The first-order valence-corrected chi connectivity index (χ1v) is 7.15. The Bertz CT molecular complexity index is 858. The highest BCUT2D eigenvalue weighted by Crippen LogP contribution is 2.31. The third kappa shape index (κ3) is 2.26. The molecule has 3 aromatic rings. The van der Waals surface area contributed by atoms with E-state index in [2.05, 4.69) is 31.0 Å². The molecule has 0 atom stereocenters. The average Bonchev–Trinajstić information content (AvgIpc) is 2.86. The highest BCUT2D eigenvalue weighted by Gasteiger charge is 2.16. The second-order valence-electron chi connectivity index (χ2n) is 5.51. The van der Waals surface area contributed by atoms with Gasteiger partial charge in [-0.2, -0.15) is 0 Å². The van der Waals surface area contributed by atoms with Crippen molar-refractivity contribution in [3.05, 3.63) is 59.0 Å². The lowest BCUT2D eigenvalue weighted by Crippen LogP contribution is -2.04. The smallest absolute Gasteiger partial charge is 0.339 e. The summed E-state index contributed by atoms with van der Waals surface area (Å²) in [6.07, 6.45) is 3.68. The number of rotatable bonds is 2. The van der Waals surface area contributed by atoms with Gasteiger partial charge < -0.3 is 9.14 Å². The van der Waals surface area contributed by atoms with Crippen molar-refractivity contribution in [1.29, 1.82) is 0 Å². The van der Waals surface area contributed by atoms with Gasteiger partial charge in [0.2, 0.25) is 0 Å². The van der Waals surface area contributed by atoms with E-state index in [-0.39, 0.29) is 5.97 Å². The fourth-order valence-corrected chi connectivity index (χ4v) is 2.87. The summed E-state index contributed by atoms with van der Waals surface area (Å²) in [7, 11) is 1.39. The predicted molar refractivity (Wildman–Crippen MR) is 86.2 cm³/mol. The molecule has 0 bridgehead atoms. The summed E-state index contributed by atoms with van der Waals surface area (Å²) >= 11 is 0. The number of methoxy groups -OCH3 is 1. The second kappa shape index (κ2) is 5.30. The van der Waals surface area contributed by atoms with Crippen molar-refractivity contribution in [3.63, 3.8) is 0 Å². The molecule has 1 aromatic carbocycles. The Hall–Kier alpha value is -2.62. The number of aromatic nitrogens is 2. The fourth-order valence-electron chi connectivity index (χ4n) is 2.87. The van der Waals surface area contributed by atoms with Crippen molar-refractivity contribution in [2.45, 2.75) is 20.8 Å². The molecule has 0 amide bonds. The molecule has 22 heavy (non-hydrogen) atoms. The van der Waals surface area contributed by atoms with Crippen LogP contribution in [0, 0.1) is 20.8 Å². The van der Waals surface area contributed by atoms with Crippen LogP contribution in [0.15, 0.2) is 36.7 Å². The minimum atomic E-state index is -0.347. The lowest BCUT2D eigenvalue weighted by Gasteiger charge is -2.12. The maximum atomic E-state index is 12.0. The Kier molecular flexibility index (Phi) is 3.45. The molecule has 2 heterocycles.